The Morgan fingerprint density at radius 2 is 1.85 bits per heavy atom. The van der Waals surface area contributed by atoms with Crippen molar-refractivity contribution in [1.29, 1.82) is 0 Å². The highest BCUT2D eigenvalue weighted by atomic mass is 32.2. The zero-order valence-electron chi connectivity index (χ0n) is 14.2. The molecule has 1 heterocycles. The number of fused-ring (bicyclic) bond motifs is 1. The molecular weight excluding hydrogens is 363 g/mol. The highest BCUT2D eigenvalue weighted by Gasteiger charge is 2.38. The zero-order valence-corrected chi connectivity index (χ0v) is 15.0. The molecule has 4 nitrogen and oxygen atoms in total. The summed E-state index contributed by atoms with van der Waals surface area (Å²) in [5, 5.41) is 2.71. The Labute approximate surface area is 153 Å². The van der Waals surface area contributed by atoms with Gasteiger partial charge in [-0.2, -0.15) is 13.2 Å². The minimum Gasteiger partial charge on any atom is -0.325 e. The van der Waals surface area contributed by atoms with E-state index in [0.717, 1.165) is 23.7 Å². The number of benzene rings is 1. The molecule has 1 N–H and O–H groups in total. The second kappa shape index (κ2) is 7.65. The Morgan fingerprint density at radius 1 is 1.15 bits per heavy atom. The zero-order chi connectivity index (χ0) is 18.7. The first-order chi connectivity index (χ1) is 12.3. The van der Waals surface area contributed by atoms with E-state index >= 15 is 0 Å². The fourth-order valence-electron chi connectivity index (χ4n) is 2.83. The van der Waals surface area contributed by atoms with Gasteiger partial charge in [0.2, 0.25) is 5.91 Å². The minimum absolute atomic E-state index is 0.00275. The quantitative estimate of drug-likeness (QED) is 0.629. The molecule has 1 aromatic heterocycles. The van der Waals surface area contributed by atoms with Gasteiger partial charge < -0.3 is 5.32 Å². The summed E-state index contributed by atoms with van der Waals surface area (Å²) in [7, 11) is 0. The number of hydrogen-bond donors (Lipinski definition) is 1. The van der Waals surface area contributed by atoms with Crippen LogP contribution in [0.5, 0.6) is 0 Å². The van der Waals surface area contributed by atoms with E-state index in [2.05, 4.69) is 15.3 Å². The number of aryl methyl sites for hydroxylation is 2. The van der Waals surface area contributed by atoms with Gasteiger partial charge in [0.05, 0.1) is 5.75 Å². The number of hydrogen-bond acceptors (Lipinski definition) is 4. The molecule has 1 aliphatic carbocycles. The maximum Gasteiger partial charge on any atom is 0.433 e. The van der Waals surface area contributed by atoms with Gasteiger partial charge in [0.1, 0.15) is 0 Å². The molecule has 3 rings (SSSR count). The number of carbonyl (C=O) groups is 1. The molecule has 0 unspecified atom stereocenters. The van der Waals surface area contributed by atoms with Crippen LogP contribution in [0.1, 0.15) is 35.4 Å². The summed E-state index contributed by atoms with van der Waals surface area (Å²) in [6.45, 7) is 1.94. The van der Waals surface area contributed by atoms with Crippen LogP contribution in [0.25, 0.3) is 0 Å². The van der Waals surface area contributed by atoms with Crippen molar-refractivity contribution in [2.75, 3.05) is 11.1 Å². The van der Waals surface area contributed by atoms with Crippen LogP contribution in [0.4, 0.5) is 18.9 Å². The predicted octanol–water partition coefficient (Wildman–Crippen LogP) is 4.41. The number of rotatable bonds is 4. The molecule has 0 spiro atoms. The Kier molecular flexibility index (Phi) is 5.50. The minimum atomic E-state index is -4.51. The van der Waals surface area contributed by atoms with Crippen LogP contribution >= 0.6 is 11.8 Å². The highest BCUT2D eigenvalue weighted by molar-refractivity contribution is 7.99. The topological polar surface area (TPSA) is 54.9 Å². The van der Waals surface area contributed by atoms with Crippen molar-refractivity contribution in [1.82, 2.24) is 9.97 Å². The molecule has 0 atom stereocenters. The van der Waals surface area contributed by atoms with Gasteiger partial charge >= 0.3 is 6.18 Å². The summed E-state index contributed by atoms with van der Waals surface area (Å²) in [6.07, 6.45) is -2.11. The fraction of sp³-hybridized carbons (Fsp3) is 0.389. The number of carbonyl (C=O) groups excluding carboxylic acids is 1. The van der Waals surface area contributed by atoms with Crippen LogP contribution < -0.4 is 5.32 Å². The molecule has 1 amide bonds. The van der Waals surface area contributed by atoms with Gasteiger partial charge in [-0.25, -0.2) is 9.97 Å². The third-order valence-corrected chi connectivity index (χ3v) is 4.95. The van der Waals surface area contributed by atoms with E-state index in [-0.39, 0.29) is 22.4 Å². The van der Waals surface area contributed by atoms with E-state index in [0.29, 0.717) is 30.6 Å². The molecule has 0 radical (unpaired) electrons. The average Bonchev–Trinajstić information content (AvgIpc) is 2.60. The van der Waals surface area contributed by atoms with Crippen molar-refractivity contribution in [2.45, 2.75) is 43.9 Å². The molecule has 1 aromatic carbocycles. The summed E-state index contributed by atoms with van der Waals surface area (Å²) < 4.78 is 39.9. The van der Waals surface area contributed by atoms with Gasteiger partial charge in [-0.3, -0.25) is 4.79 Å². The van der Waals surface area contributed by atoms with Gasteiger partial charge in [-0.1, -0.05) is 29.5 Å². The molecular formula is C18H18F3N3OS. The smallest absolute Gasteiger partial charge is 0.325 e. The lowest BCUT2D eigenvalue weighted by molar-refractivity contribution is -0.142. The Morgan fingerprint density at radius 3 is 2.54 bits per heavy atom. The summed E-state index contributed by atoms with van der Waals surface area (Å²) in [5.41, 5.74) is 1.52. The summed E-state index contributed by atoms with van der Waals surface area (Å²) in [4.78, 5) is 20.0. The number of nitrogens with zero attached hydrogens (tertiary/aromatic N) is 2. The van der Waals surface area contributed by atoms with Crippen LogP contribution in [-0.2, 0) is 23.8 Å². The van der Waals surface area contributed by atoms with Crippen molar-refractivity contribution < 1.29 is 18.0 Å². The van der Waals surface area contributed by atoms with Gasteiger partial charge in [-0.15, -0.1) is 0 Å². The third-order valence-electron chi connectivity index (χ3n) is 4.10. The number of nitrogens with one attached hydrogen (secondary N) is 1. The third kappa shape index (κ3) is 4.55. The van der Waals surface area contributed by atoms with E-state index in [1.165, 1.54) is 0 Å². The number of alkyl halides is 3. The highest BCUT2D eigenvalue weighted by Crippen LogP contribution is 2.35. The van der Waals surface area contributed by atoms with Gasteiger partial charge in [0.15, 0.2) is 10.9 Å². The predicted molar refractivity (Wildman–Crippen MR) is 94.2 cm³/mol. The summed E-state index contributed by atoms with van der Waals surface area (Å²) in [6, 6.07) is 7.28. The first kappa shape index (κ1) is 18.7. The molecule has 26 heavy (non-hydrogen) atoms. The number of anilines is 1. The SMILES string of the molecule is Cc1ccc(NC(=O)CSc2nc3c(c(C(F)(F)F)n2)CCCC3)cc1. The van der Waals surface area contributed by atoms with Crippen LogP contribution in [-0.4, -0.2) is 21.6 Å². The van der Waals surface area contributed by atoms with Crippen molar-refractivity contribution in [3.8, 4) is 0 Å². The van der Waals surface area contributed by atoms with E-state index in [1.54, 1.807) is 12.1 Å². The number of aromatic nitrogens is 2. The van der Waals surface area contributed by atoms with E-state index in [4.69, 9.17) is 0 Å². The molecule has 0 fully saturated rings. The van der Waals surface area contributed by atoms with Crippen molar-refractivity contribution in [3.05, 3.63) is 46.8 Å². The maximum absolute atomic E-state index is 13.3. The standard InChI is InChI=1S/C18H18F3N3OS/c1-11-6-8-12(9-7-11)22-15(25)10-26-17-23-14-5-3-2-4-13(14)16(24-17)18(19,20)21/h6-9H,2-5,10H2,1H3,(H,22,25). The summed E-state index contributed by atoms with van der Waals surface area (Å²) in [5.74, 6) is -0.363. The Balaban J connectivity index is 1.71. The second-order valence-corrected chi connectivity index (χ2v) is 7.13. The molecule has 138 valence electrons. The van der Waals surface area contributed by atoms with Gasteiger partial charge in [0, 0.05) is 16.9 Å². The molecule has 0 saturated heterocycles. The molecule has 8 heteroatoms. The van der Waals surface area contributed by atoms with E-state index in [1.807, 2.05) is 19.1 Å². The molecule has 0 saturated carbocycles. The first-order valence-corrected chi connectivity index (χ1v) is 9.28. The van der Waals surface area contributed by atoms with Crippen LogP contribution in [0, 0.1) is 6.92 Å². The Bertz CT molecular complexity index is 807. The first-order valence-electron chi connectivity index (χ1n) is 8.29. The lowest BCUT2D eigenvalue weighted by Gasteiger charge is -2.20. The van der Waals surface area contributed by atoms with Crippen LogP contribution in [0.15, 0.2) is 29.4 Å². The van der Waals surface area contributed by atoms with Gasteiger partial charge in [-0.05, 0) is 44.7 Å². The number of thioether (sulfide) groups is 1. The number of halogens is 3. The van der Waals surface area contributed by atoms with Crippen LogP contribution in [0.2, 0.25) is 0 Å². The average molecular weight is 381 g/mol. The summed E-state index contributed by atoms with van der Waals surface area (Å²) >= 11 is 0.920. The van der Waals surface area contributed by atoms with Gasteiger partial charge in [0.25, 0.3) is 0 Å². The lowest BCUT2D eigenvalue weighted by atomic mass is 9.94. The van der Waals surface area contributed by atoms with Crippen molar-refractivity contribution in [2.24, 2.45) is 0 Å². The normalized spacial score (nSPS) is 14.0. The molecule has 2 aromatic rings. The van der Waals surface area contributed by atoms with E-state index < -0.39 is 11.9 Å². The number of amides is 1. The van der Waals surface area contributed by atoms with Crippen molar-refractivity contribution in [3.63, 3.8) is 0 Å². The van der Waals surface area contributed by atoms with Crippen LogP contribution in [0.3, 0.4) is 0 Å². The Hall–Kier alpha value is -2.09. The largest absolute Gasteiger partial charge is 0.433 e. The monoisotopic (exact) mass is 381 g/mol. The molecule has 0 aliphatic heterocycles. The fourth-order valence-corrected chi connectivity index (χ4v) is 3.50. The molecule has 0 bridgehead atoms. The lowest BCUT2D eigenvalue weighted by Crippen LogP contribution is -2.20. The maximum atomic E-state index is 13.3. The van der Waals surface area contributed by atoms with E-state index in [9.17, 15) is 18.0 Å². The molecule has 1 aliphatic rings. The second-order valence-electron chi connectivity index (χ2n) is 6.19. The van der Waals surface area contributed by atoms with Crippen molar-refractivity contribution >= 4 is 23.4 Å².